The minimum atomic E-state index is -0.163. The molecule has 0 heterocycles. The van der Waals surface area contributed by atoms with E-state index in [-0.39, 0.29) is 5.82 Å². The van der Waals surface area contributed by atoms with Gasteiger partial charge in [-0.2, -0.15) is 11.8 Å². The van der Waals surface area contributed by atoms with Crippen molar-refractivity contribution in [3.8, 4) is 0 Å². The number of thioether (sulfide) groups is 1. The molecule has 17 heavy (non-hydrogen) atoms. The van der Waals surface area contributed by atoms with Crippen LogP contribution in [0.3, 0.4) is 0 Å². The summed E-state index contributed by atoms with van der Waals surface area (Å²) in [7, 11) is 0. The van der Waals surface area contributed by atoms with Crippen LogP contribution in [0, 0.1) is 5.82 Å². The Bertz CT molecular complexity index is 352. The molecule has 0 radical (unpaired) electrons. The fourth-order valence-corrected chi connectivity index (χ4v) is 3.30. The molecule has 0 amide bonds. The summed E-state index contributed by atoms with van der Waals surface area (Å²) in [5.74, 6) is -0.163. The SMILES string of the molecule is CSC1CCC(NC(C)c2ccc(F)cc2)C1. The molecule has 0 saturated heterocycles. The van der Waals surface area contributed by atoms with Crippen molar-refractivity contribution < 1.29 is 4.39 Å². The molecular weight excluding hydrogens is 233 g/mol. The van der Waals surface area contributed by atoms with Gasteiger partial charge in [0.2, 0.25) is 0 Å². The van der Waals surface area contributed by atoms with Gasteiger partial charge in [-0.1, -0.05) is 12.1 Å². The number of nitrogens with one attached hydrogen (secondary N) is 1. The zero-order chi connectivity index (χ0) is 12.3. The number of hydrogen-bond acceptors (Lipinski definition) is 2. The molecule has 1 nitrogen and oxygen atoms in total. The van der Waals surface area contributed by atoms with E-state index in [9.17, 15) is 4.39 Å². The molecule has 1 N–H and O–H groups in total. The van der Waals surface area contributed by atoms with Crippen LogP contribution in [0.2, 0.25) is 0 Å². The smallest absolute Gasteiger partial charge is 0.123 e. The lowest BCUT2D eigenvalue weighted by atomic mass is 10.1. The topological polar surface area (TPSA) is 12.0 Å². The highest BCUT2D eigenvalue weighted by Crippen LogP contribution is 2.29. The summed E-state index contributed by atoms with van der Waals surface area (Å²) < 4.78 is 12.8. The Hall–Kier alpha value is -0.540. The first-order valence-corrected chi connectivity index (χ1v) is 7.52. The van der Waals surface area contributed by atoms with Gasteiger partial charge in [0.1, 0.15) is 5.82 Å². The molecule has 1 aromatic rings. The molecule has 3 atom stereocenters. The fraction of sp³-hybridized carbons (Fsp3) is 0.571. The molecule has 94 valence electrons. The Morgan fingerprint density at radius 2 is 2.00 bits per heavy atom. The largest absolute Gasteiger partial charge is 0.307 e. The zero-order valence-corrected chi connectivity index (χ0v) is 11.3. The highest BCUT2D eigenvalue weighted by atomic mass is 32.2. The summed E-state index contributed by atoms with van der Waals surface area (Å²) in [6.07, 6.45) is 6.02. The van der Waals surface area contributed by atoms with Gasteiger partial charge in [0, 0.05) is 17.3 Å². The van der Waals surface area contributed by atoms with E-state index in [1.54, 1.807) is 0 Å². The minimum Gasteiger partial charge on any atom is -0.307 e. The van der Waals surface area contributed by atoms with Crippen LogP contribution in [0.5, 0.6) is 0 Å². The van der Waals surface area contributed by atoms with E-state index in [2.05, 4.69) is 18.5 Å². The zero-order valence-electron chi connectivity index (χ0n) is 10.4. The van der Waals surface area contributed by atoms with Gasteiger partial charge < -0.3 is 5.32 Å². The van der Waals surface area contributed by atoms with Gasteiger partial charge in [-0.15, -0.1) is 0 Å². The van der Waals surface area contributed by atoms with Crippen LogP contribution in [0.25, 0.3) is 0 Å². The number of benzene rings is 1. The summed E-state index contributed by atoms with van der Waals surface area (Å²) in [5.41, 5.74) is 1.17. The van der Waals surface area contributed by atoms with Crippen LogP contribution in [0.1, 0.15) is 37.8 Å². The molecule has 0 aliphatic heterocycles. The molecule has 1 aliphatic rings. The Balaban J connectivity index is 1.89. The van der Waals surface area contributed by atoms with E-state index >= 15 is 0 Å². The first kappa shape index (κ1) is 12.9. The number of hydrogen-bond donors (Lipinski definition) is 1. The third-order valence-electron chi connectivity index (χ3n) is 3.57. The molecule has 1 aromatic carbocycles. The summed E-state index contributed by atoms with van der Waals surface area (Å²) in [5, 5.41) is 4.46. The second-order valence-corrected chi connectivity index (χ2v) is 5.95. The van der Waals surface area contributed by atoms with Crippen molar-refractivity contribution in [3.63, 3.8) is 0 Å². The highest BCUT2D eigenvalue weighted by Gasteiger charge is 2.24. The van der Waals surface area contributed by atoms with Crippen LogP contribution in [0.4, 0.5) is 4.39 Å². The van der Waals surface area contributed by atoms with Gasteiger partial charge in [0.15, 0.2) is 0 Å². The first-order chi connectivity index (χ1) is 8.19. The van der Waals surface area contributed by atoms with Gasteiger partial charge in [-0.25, -0.2) is 4.39 Å². The fourth-order valence-electron chi connectivity index (χ4n) is 2.51. The maximum absolute atomic E-state index is 12.8. The van der Waals surface area contributed by atoms with Crippen molar-refractivity contribution in [1.82, 2.24) is 5.32 Å². The molecular formula is C14H20FNS. The Morgan fingerprint density at radius 1 is 1.29 bits per heavy atom. The van der Waals surface area contributed by atoms with Crippen molar-refractivity contribution in [1.29, 1.82) is 0 Å². The quantitative estimate of drug-likeness (QED) is 0.877. The van der Waals surface area contributed by atoms with Crippen LogP contribution in [0.15, 0.2) is 24.3 Å². The third-order valence-corrected chi connectivity index (χ3v) is 4.67. The Kier molecular flexibility index (Phi) is 4.46. The lowest BCUT2D eigenvalue weighted by Gasteiger charge is -2.20. The van der Waals surface area contributed by atoms with Crippen molar-refractivity contribution in [2.75, 3.05) is 6.26 Å². The monoisotopic (exact) mass is 253 g/mol. The lowest BCUT2D eigenvalue weighted by molar-refractivity contribution is 0.461. The van der Waals surface area contributed by atoms with Gasteiger partial charge in [-0.3, -0.25) is 0 Å². The standard InChI is InChI=1S/C14H20FNS/c1-10(11-3-5-12(15)6-4-11)16-13-7-8-14(9-13)17-2/h3-6,10,13-14,16H,7-9H2,1-2H3. The van der Waals surface area contributed by atoms with Crippen LogP contribution >= 0.6 is 11.8 Å². The second kappa shape index (κ2) is 5.87. The molecule has 0 spiro atoms. The predicted molar refractivity (Wildman–Crippen MR) is 72.9 cm³/mol. The second-order valence-electron chi connectivity index (χ2n) is 4.81. The van der Waals surface area contributed by atoms with E-state index in [4.69, 9.17) is 0 Å². The van der Waals surface area contributed by atoms with Crippen molar-refractivity contribution >= 4 is 11.8 Å². The average molecular weight is 253 g/mol. The summed E-state index contributed by atoms with van der Waals surface area (Å²) in [4.78, 5) is 0. The van der Waals surface area contributed by atoms with Crippen LogP contribution in [-0.2, 0) is 0 Å². The van der Waals surface area contributed by atoms with E-state index in [1.165, 1.54) is 37.0 Å². The number of halogens is 1. The normalized spacial score (nSPS) is 26.1. The van der Waals surface area contributed by atoms with Crippen molar-refractivity contribution in [2.24, 2.45) is 0 Å². The van der Waals surface area contributed by atoms with Gasteiger partial charge in [0.25, 0.3) is 0 Å². The molecule has 1 saturated carbocycles. The molecule has 2 rings (SSSR count). The molecule has 3 heteroatoms. The van der Waals surface area contributed by atoms with Gasteiger partial charge in [-0.05, 0) is 50.1 Å². The first-order valence-electron chi connectivity index (χ1n) is 6.23. The van der Waals surface area contributed by atoms with E-state index in [0.717, 1.165) is 5.25 Å². The van der Waals surface area contributed by atoms with Crippen molar-refractivity contribution in [2.45, 2.75) is 43.5 Å². The summed E-state index contributed by atoms with van der Waals surface area (Å²) in [6, 6.07) is 7.73. The molecule has 1 fully saturated rings. The Labute approximate surface area is 107 Å². The van der Waals surface area contributed by atoms with Gasteiger partial charge in [0.05, 0.1) is 0 Å². The van der Waals surface area contributed by atoms with Crippen LogP contribution in [-0.4, -0.2) is 17.5 Å². The molecule has 0 bridgehead atoms. The summed E-state index contributed by atoms with van der Waals surface area (Å²) >= 11 is 1.97. The van der Waals surface area contributed by atoms with E-state index < -0.39 is 0 Å². The maximum Gasteiger partial charge on any atom is 0.123 e. The van der Waals surface area contributed by atoms with E-state index in [0.29, 0.717) is 12.1 Å². The Morgan fingerprint density at radius 3 is 2.59 bits per heavy atom. The van der Waals surface area contributed by atoms with Gasteiger partial charge >= 0.3 is 0 Å². The molecule has 3 unspecified atom stereocenters. The van der Waals surface area contributed by atoms with Crippen LogP contribution < -0.4 is 5.32 Å². The minimum absolute atomic E-state index is 0.163. The predicted octanol–water partition coefficient (Wildman–Crippen LogP) is 3.76. The summed E-state index contributed by atoms with van der Waals surface area (Å²) in [6.45, 7) is 2.15. The third kappa shape index (κ3) is 3.46. The molecule has 1 aliphatic carbocycles. The van der Waals surface area contributed by atoms with Crippen molar-refractivity contribution in [3.05, 3.63) is 35.6 Å². The highest BCUT2D eigenvalue weighted by molar-refractivity contribution is 7.99. The maximum atomic E-state index is 12.8. The van der Waals surface area contributed by atoms with E-state index in [1.807, 2.05) is 23.9 Å². The average Bonchev–Trinajstić information content (AvgIpc) is 2.77. The number of rotatable bonds is 4. The lowest BCUT2D eigenvalue weighted by Crippen LogP contribution is -2.29. The molecule has 0 aromatic heterocycles.